The van der Waals surface area contributed by atoms with Gasteiger partial charge in [0.2, 0.25) is 5.28 Å². The fourth-order valence-corrected chi connectivity index (χ4v) is 10.3. The van der Waals surface area contributed by atoms with Crippen molar-refractivity contribution in [3.63, 3.8) is 0 Å². The molecule has 0 atom stereocenters. The second kappa shape index (κ2) is 9.85. The van der Waals surface area contributed by atoms with Crippen molar-refractivity contribution in [3.05, 3.63) is 139 Å². The highest BCUT2D eigenvalue weighted by molar-refractivity contribution is 7.27. The van der Waals surface area contributed by atoms with E-state index >= 15 is 0 Å². The summed E-state index contributed by atoms with van der Waals surface area (Å²) in [4.78, 5) is 10.7. The molecule has 224 valence electrons. The van der Waals surface area contributed by atoms with Gasteiger partial charge >= 0.3 is 0 Å². The molecule has 0 radical (unpaired) electrons. The van der Waals surface area contributed by atoms with Crippen molar-refractivity contribution < 1.29 is 0 Å². The Morgan fingerprint density at radius 1 is 0.521 bits per heavy atom. The second-order valence-electron chi connectivity index (χ2n) is 12.3. The molecule has 3 nitrogen and oxygen atoms in total. The van der Waals surface area contributed by atoms with Gasteiger partial charge in [0.05, 0.1) is 16.4 Å². The van der Waals surface area contributed by atoms with Crippen LogP contribution in [0.5, 0.6) is 0 Å². The van der Waals surface area contributed by atoms with E-state index < -0.39 is 0 Å². The largest absolute Gasteiger partial charge is 0.292 e. The van der Waals surface area contributed by atoms with E-state index in [4.69, 9.17) is 21.6 Å². The number of benzene rings is 7. The minimum Gasteiger partial charge on any atom is -0.292 e. The average molecular weight is 668 g/mol. The normalized spacial score (nSPS) is 12.3. The van der Waals surface area contributed by atoms with Crippen LogP contribution in [0.3, 0.4) is 0 Å². The van der Waals surface area contributed by atoms with E-state index in [0.29, 0.717) is 0 Å². The number of halogens is 1. The van der Waals surface area contributed by atoms with Crippen LogP contribution in [0.15, 0.2) is 133 Å². The van der Waals surface area contributed by atoms with E-state index in [-0.39, 0.29) is 5.28 Å². The highest BCUT2D eigenvalue weighted by Crippen LogP contribution is 2.49. The van der Waals surface area contributed by atoms with Crippen LogP contribution in [0.25, 0.3) is 101 Å². The van der Waals surface area contributed by atoms with Gasteiger partial charge in [-0.3, -0.25) is 4.57 Å². The Hall–Kier alpha value is -5.33. The Morgan fingerprint density at radius 3 is 2.02 bits per heavy atom. The summed E-state index contributed by atoms with van der Waals surface area (Å²) in [6.45, 7) is 0. The summed E-state index contributed by atoms with van der Waals surface area (Å²) in [6, 6.07) is 48.2. The Balaban J connectivity index is 1.40. The number of hydrogen-bond donors (Lipinski definition) is 0. The SMILES string of the molecule is Clc1nc(-n2c3ccc(-c4cccc5ccccc45)cc3c3c4sc5ccccc5c4c4ccccc4c32)c2c(n1)sc1ccccc12. The molecule has 0 saturated carbocycles. The van der Waals surface area contributed by atoms with Gasteiger partial charge in [0, 0.05) is 46.4 Å². The standard InChI is InChI=1S/C42H22ClN3S2/c43-42-44-40(37-30-16-6-8-19-34(30)48-41(37)45-42)46-32-21-20-24(26-17-9-11-23-10-1-2-12-25(23)26)22-31(32)36-38(46)28-14-4-3-13-27(28)35-29-15-5-7-18-33(29)47-39(35)36/h1-22H. The molecular formula is C42H22ClN3S2. The number of rotatable bonds is 2. The molecule has 4 aromatic heterocycles. The minimum atomic E-state index is 0.249. The van der Waals surface area contributed by atoms with Crippen molar-refractivity contribution in [1.29, 1.82) is 0 Å². The molecule has 0 saturated heterocycles. The summed E-state index contributed by atoms with van der Waals surface area (Å²) in [5.41, 5.74) is 4.64. The van der Waals surface area contributed by atoms with Gasteiger partial charge in [0.15, 0.2) is 5.82 Å². The van der Waals surface area contributed by atoms with Crippen LogP contribution in [0, 0.1) is 0 Å². The zero-order valence-corrected chi connectivity index (χ0v) is 27.6. The molecule has 0 amide bonds. The van der Waals surface area contributed by atoms with Crippen LogP contribution in [0.2, 0.25) is 5.28 Å². The van der Waals surface area contributed by atoms with E-state index in [1.165, 1.54) is 68.3 Å². The van der Waals surface area contributed by atoms with Gasteiger partial charge in [-0.2, -0.15) is 4.98 Å². The Kier molecular flexibility index (Phi) is 5.48. The minimum absolute atomic E-state index is 0.249. The van der Waals surface area contributed by atoms with Crippen molar-refractivity contribution in [1.82, 2.24) is 14.5 Å². The summed E-state index contributed by atoms with van der Waals surface area (Å²) in [5.74, 6) is 0.811. The smallest absolute Gasteiger partial charge is 0.225 e. The molecule has 0 spiro atoms. The molecule has 0 aliphatic rings. The van der Waals surface area contributed by atoms with Crippen molar-refractivity contribution in [3.8, 4) is 16.9 Å². The Morgan fingerprint density at radius 2 is 1.19 bits per heavy atom. The molecule has 0 aliphatic carbocycles. The highest BCUT2D eigenvalue weighted by Gasteiger charge is 2.25. The van der Waals surface area contributed by atoms with E-state index in [1.54, 1.807) is 11.3 Å². The zero-order valence-electron chi connectivity index (χ0n) is 25.2. The van der Waals surface area contributed by atoms with Crippen LogP contribution in [-0.2, 0) is 0 Å². The lowest BCUT2D eigenvalue weighted by molar-refractivity contribution is 1.08. The van der Waals surface area contributed by atoms with Gasteiger partial charge in [0.25, 0.3) is 0 Å². The molecule has 7 aromatic carbocycles. The number of hydrogen-bond acceptors (Lipinski definition) is 4. The monoisotopic (exact) mass is 667 g/mol. The molecule has 11 rings (SSSR count). The maximum absolute atomic E-state index is 6.77. The third-order valence-corrected chi connectivity index (χ3v) is 12.2. The Bertz CT molecular complexity index is 3140. The first-order valence-corrected chi connectivity index (χ1v) is 17.9. The molecule has 11 aromatic rings. The summed E-state index contributed by atoms with van der Waals surface area (Å²) < 4.78 is 6.10. The van der Waals surface area contributed by atoms with E-state index in [1.807, 2.05) is 11.3 Å². The van der Waals surface area contributed by atoms with Crippen LogP contribution in [0.1, 0.15) is 0 Å². The Labute approximate surface area is 286 Å². The number of thiophene rings is 2. The molecular weight excluding hydrogens is 646 g/mol. The van der Waals surface area contributed by atoms with Gasteiger partial charge < -0.3 is 0 Å². The van der Waals surface area contributed by atoms with Crippen LogP contribution in [0.4, 0.5) is 0 Å². The molecule has 48 heavy (non-hydrogen) atoms. The van der Waals surface area contributed by atoms with Crippen molar-refractivity contribution in [2.75, 3.05) is 0 Å². The summed E-state index contributed by atoms with van der Waals surface area (Å²) in [6.07, 6.45) is 0. The number of nitrogens with zero attached hydrogens (tertiary/aromatic N) is 3. The van der Waals surface area contributed by atoms with Crippen molar-refractivity contribution >= 4 is 118 Å². The second-order valence-corrected chi connectivity index (χ2v) is 14.7. The lowest BCUT2D eigenvalue weighted by atomic mass is 9.96. The van der Waals surface area contributed by atoms with Crippen molar-refractivity contribution in [2.24, 2.45) is 0 Å². The molecule has 0 aliphatic heterocycles. The molecule has 0 unspecified atom stereocenters. The first-order chi connectivity index (χ1) is 23.7. The van der Waals surface area contributed by atoms with E-state index in [0.717, 1.165) is 32.5 Å². The predicted octanol–water partition coefficient (Wildman–Crippen LogP) is 12.9. The molecule has 0 fully saturated rings. The van der Waals surface area contributed by atoms with Crippen molar-refractivity contribution in [2.45, 2.75) is 0 Å². The molecule has 4 heterocycles. The molecule has 0 bridgehead atoms. The fourth-order valence-electron chi connectivity index (χ4n) is 7.78. The lowest BCUT2D eigenvalue weighted by Crippen LogP contribution is -2.00. The lowest BCUT2D eigenvalue weighted by Gasteiger charge is -2.12. The number of fused-ring (bicyclic) bond motifs is 14. The highest BCUT2D eigenvalue weighted by atomic mass is 35.5. The fraction of sp³-hybridized carbons (Fsp3) is 0. The third-order valence-electron chi connectivity index (χ3n) is 9.75. The maximum Gasteiger partial charge on any atom is 0.225 e. The van der Waals surface area contributed by atoms with Gasteiger partial charge in [0.1, 0.15) is 4.83 Å². The first-order valence-electron chi connectivity index (χ1n) is 15.9. The van der Waals surface area contributed by atoms with Gasteiger partial charge in [-0.05, 0) is 63.2 Å². The summed E-state index contributed by atoms with van der Waals surface area (Å²) in [7, 11) is 0. The molecule has 6 heteroatoms. The van der Waals surface area contributed by atoms with Crippen LogP contribution < -0.4 is 0 Å². The van der Waals surface area contributed by atoms with Gasteiger partial charge in [-0.25, -0.2) is 4.98 Å². The quantitative estimate of drug-likeness (QED) is 0.172. The molecule has 0 N–H and O–H groups in total. The first kappa shape index (κ1) is 26.7. The van der Waals surface area contributed by atoms with Crippen LogP contribution >= 0.6 is 34.3 Å². The maximum atomic E-state index is 6.77. The van der Waals surface area contributed by atoms with E-state index in [2.05, 4.69) is 138 Å². The predicted molar refractivity (Wildman–Crippen MR) is 208 cm³/mol. The third kappa shape index (κ3) is 3.58. The van der Waals surface area contributed by atoms with Gasteiger partial charge in [-0.1, -0.05) is 109 Å². The number of aromatic nitrogens is 3. The van der Waals surface area contributed by atoms with Gasteiger partial charge in [-0.15, -0.1) is 22.7 Å². The zero-order chi connectivity index (χ0) is 31.5. The van der Waals surface area contributed by atoms with E-state index in [9.17, 15) is 0 Å². The average Bonchev–Trinajstić information content (AvgIpc) is 3.80. The summed E-state index contributed by atoms with van der Waals surface area (Å²) in [5, 5.41) is 12.3. The van der Waals surface area contributed by atoms with Crippen LogP contribution in [-0.4, -0.2) is 14.5 Å². The topological polar surface area (TPSA) is 30.7 Å². The summed E-state index contributed by atoms with van der Waals surface area (Å²) >= 11 is 10.3.